The SMILES string of the molecule is COc1ccc([C@@](C)(NC[C@@H](O)c2ccc(O)c(NS(C)(=O)=O)c2)C(=O)Nc2ccc3c(c2)OCO3)cc1. The maximum absolute atomic E-state index is 13.6. The molecule has 0 unspecified atom stereocenters. The predicted molar refractivity (Wildman–Crippen MR) is 141 cm³/mol. The van der Waals surface area contributed by atoms with Crippen LogP contribution in [-0.4, -0.2) is 51.2 Å². The summed E-state index contributed by atoms with van der Waals surface area (Å²) >= 11 is 0. The van der Waals surface area contributed by atoms with E-state index in [0.717, 1.165) is 6.26 Å². The lowest BCUT2D eigenvalue weighted by molar-refractivity contribution is -0.122. The highest BCUT2D eigenvalue weighted by Gasteiger charge is 2.36. The molecule has 11 nitrogen and oxygen atoms in total. The van der Waals surface area contributed by atoms with Crippen LogP contribution in [0.15, 0.2) is 60.7 Å². The molecule has 0 saturated heterocycles. The minimum absolute atomic E-state index is 0.0671. The summed E-state index contributed by atoms with van der Waals surface area (Å²) in [4.78, 5) is 13.6. The Bertz CT molecular complexity index is 1430. The summed E-state index contributed by atoms with van der Waals surface area (Å²) in [5.41, 5.74) is 0.0523. The molecular weight excluding hydrogens is 514 g/mol. The van der Waals surface area contributed by atoms with Crippen LogP contribution in [0, 0.1) is 0 Å². The fourth-order valence-corrected chi connectivity index (χ4v) is 4.49. The number of fused-ring (bicyclic) bond motifs is 1. The average Bonchev–Trinajstić information content (AvgIpc) is 3.35. The van der Waals surface area contributed by atoms with Crippen LogP contribution in [0.2, 0.25) is 0 Å². The van der Waals surface area contributed by atoms with Gasteiger partial charge < -0.3 is 29.7 Å². The number of methoxy groups -OCH3 is 1. The molecule has 1 aliphatic heterocycles. The quantitative estimate of drug-likeness (QED) is 0.243. The second kappa shape index (κ2) is 10.8. The number of carbonyl (C=O) groups excluding carboxylic acids is 1. The Hall–Kier alpha value is -4.00. The van der Waals surface area contributed by atoms with Crippen LogP contribution in [0.25, 0.3) is 0 Å². The number of hydrogen-bond donors (Lipinski definition) is 5. The molecule has 38 heavy (non-hydrogen) atoms. The number of nitrogens with one attached hydrogen (secondary N) is 3. The van der Waals surface area contributed by atoms with E-state index in [1.165, 1.54) is 18.2 Å². The van der Waals surface area contributed by atoms with Gasteiger partial charge in [0, 0.05) is 18.3 Å². The molecule has 2 atom stereocenters. The third-order valence-electron chi connectivity index (χ3n) is 6.10. The van der Waals surface area contributed by atoms with Crippen LogP contribution in [0.3, 0.4) is 0 Å². The first-order valence-corrected chi connectivity index (χ1v) is 13.5. The van der Waals surface area contributed by atoms with Gasteiger partial charge in [0.25, 0.3) is 0 Å². The molecule has 0 spiro atoms. The third kappa shape index (κ3) is 6.10. The van der Waals surface area contributed by atoms with Crippen molar-refractivity contribution >= 4 is 27.3 Å². The highest BCUT2D eigenvalue weighted by atomic mass is 32.2. The van der Waals surface area contributed by atoms with Crippen molar-refractivity contribution in [3.63, 3.8) is 0 Å². The number of amides is 1. The van der Waals surface area contributed by atoms with Crippen LogP contribution < -0.4 is 29.6 Å². The van der Waals surface area contributed by atoms with E-state index in [1.54, 1.807) is 56.5 Å². The van der Waals surface area contributed by atoms with Crippen molar-refractivity contribution in [2.45, 2.75) is 18.6 Å². The number of hydrogen-bond acceptors (Lipinski definition) is 9. The Morgan fingerprint density at radius 2 is 1.79 bits per heavy atom. The van der Waals surface area contributed by atoms with E-state index < -0.39 is 27.6 Å². The fourth-order valence-electron chi connectivity index (χ4n) is 3.93. The summed E-state index contributed by atoms with van der Waals surface area (Å²) in [5.74, 6) is 1.02. The van der Waals surface area contributed by atoms with Gasteiger partial charge in [-0.2, -0.15) is 0 Å². The first kappa shape index (κ1) is 27.0. The van der Waals surface area contributed by atoms with E-state index in [0.29, 0.717) is 34.1 Å². The zero-order valence-corrected chi connectivity index (χ0v) is 21.8. The smallest absolute Gasteiger partial charge is 0.249 e. The minimum Gasteiger partial charge on any atom is -0.506 e. The molecule has 0 bridgehead atoms. The third-order valence-corrected chi connectivity index (χ3v) is 6.69. The fraction of sp³-hybridized carbons (Fsp3) is 0.269. The number of aromatic hydroxyl groups is 1. The summed E-state index contributed by atoms with van der Waals surface area (Å²) in [7, 11) is -2.11. The second-order valence-electron chi connectivity index (χ2n) is 8.92. The van der Waals surface area contributed by atoms with Gasteiger partial charge in [0.05, 0.1) is 25.2 Å². The van der Waals surface area contributed by atoms with Gasteiger partial charge in [-0.3, -0.25) is 14.8 Å². The van der Waals surface area contributed by atoms with Gasteiger partial charge in [0.1, 0.15) is 17.0 Å². The summed E-state index contributed by atoms with van der Waals surface area (Å²) in [6, 6.07) is 16.1. The maximum Gasteiger partial charge on any atom is 0.249 e. The molecule has 0 fully saturated rings. The topological polar surface area (TPSA) is 155 Å². The van der Waals surface area contributed by atoms with Gasteiger partial charge in [-0.1, -0.05) is 18.2 Å². The molecule has 3 aromatic rings. The molecule has 4 rings (SSSR count). The molecule has 0 aliphatic carbocycles. The van der Waals surface area contributed by atoms with Gasteiger partial charge in [-0.15, -0.1) is 0 Å². The van der Waals surface area contributed by atoms with Crippen molar-refractivity contribution in [3.8, 4) is 23.0 Å². The number of aliphatic hydroxyl groups excluding tert-OH is 1. The lowest BCUT2D eigenvalue weighted by atomic mass is 9.90. The molecule has 0 aromatic heterocycles. The molecule has 0 radical (unpaired) electrons. The second-order valence-corrected chi connectivity index (χ2v) is 10.7. The van der Waals surface area contributed by atoms with Crippen molar-refractivity contribution in [2.24, 2.45) is 0 Å². The minimum atomic E-state index is -3.65. The number of ether oxygens (including phenoxy) is 3. The molecule has 202 valence electrons. The zero-order chi connectivity index (χ0) is 27.5. The molecule has 5 N–H and O–H groups in total. The highest BCUT2D eigenvalue weighted by molar-refractivity contribution is 7.92. The van der Waals surface area contributed by atoms with E-state index in [2.05, 4.69) is 15.4 Å². The Labute approximate surface area is 220 Å². The zero-order valence-electron chi connectivity index (χ0n) is 21.0. The normalized spacial score (nSPS) is 14.8. The number of rotatable bonds is 10. The number of aliphatic hydroxyl groups is 1. The predicted octanol–water partition coefficient (Wildman–Crippen LogP) is 2.68. The van der Waals surface area contributed by atoms with E-state index in [-0.39, 0.29) is 24.8 Å². The first-order chi connectivity index (χ1) is 18.0. The average molecular weight is 544 g/mol. The van der Waals surface area contributed by atoms with E-state index in [1.807, 2.05) is 0 Å². The van der Waals surface area contributed by atoms with Crippen molar-refractivity contribution in [3.05, 3.63) is 71.8 Å². The van der Waals surface area contributed by atoms with Crippen molar-refractivity contribution < 1.29 is 37.6 Å². The highest BCUT2D eigenvalue weighted by Crippen LogP contribution is 2.35. The van der Waals surface area contributed by atoms with E-state index in [9.17, 15) is 23.4 Å². The Kier molecular flexibility index (Phi) is 7.67. The van der Waals surface area contributed by atoms with Gasteiger partial charge in [0.15, 0.2) is 11.5 Å². The van der Waals surface area contributed by atoms with E-state index >= 15 is 0 Å². The Morgan fingerprint density at radius 1 is 1.08 bits per heavy atom. The number of carbonyl (C=O) groups is 1. The number of phenolic OH excluding ortho intramolecular Hbond substituents is 1. The number of benzene rings is 3. The van der Waals surface area contributed by atoms with Crippen LogP contribution in [-0.2, 0) is 20.4 Å². The van der Waals surface area contributed by atoms with Gasteiger partial charge in [0.2, 0.25) is 22.7 Å². The molecule has 0 saturated carbocycles. The molecule has 1 heterocycles. The lowest BCUT2D eigenvalue weighted by Crippen LogP contribution is -2.50. The summed E-state index contributed by atoms with van der Waals surface area (Å²) in [6.45, 7) is 1.70. The van der Waals surface area contributed by atoms with Gasteiger partial charge in [-0.25, -0.2) is 8.42 Å². The Morgan fingerprint density at radius 3 is 2.47 bits per heavy atom. The summed E-state index contributed by atoms with van der Waals surface area (Å²) in [6.07, 6.45) is -0.192. The van der Waals surface area contributed by atoms with Crippen molar-refractivity contribution in [1.29, 1.82) is 0 Å². The van der Waals surface area contributed by atoms with Crippen molar-refractivity contribution in [2.75, 3.05) is 36.7 Å². The standard InChI is InChI=1S/C26H29N3O8S/c1-26(17-5-8-19(35-2)9-6-17,25(32)28-18-7-11-23-24(13-18)37-15-36-23)27-14-22(31)16-4-10-21(30)20(12-16)29-38(3,33)34/h4-13,22,27,29-31H,14-15H2,1-3H3,(H,28,32)/t22-,26-/m1/s1. The number of sulfonamides is 1. The Balaban J connectivity index is 1.58. The molecule has 12 heteroatoms. The molecule has 1 amide bonds. The number of anilines is 2. The first-order valence-electron chi connectivity index (χ1n) is 11.6. The molecule has 1 aliphatic rings. The molecule has 3 aromatic carbocycles. The van der Waals surface area contributed by atoms with Crippen LogP contribution in [0.4, 0.5) is 11.4 Å². The van der Waals surface area contributed by atoms with Crippen LogP contribution >= 0.6 is 0 Å². The number of phenols is 1. The van der Waals surface area contributed by atoms with Crippen molar-refractivity contribution in [1.82, 2.24) is 5.32 Å². The lowest BCUT2D eigenvalue weighted by Gasteiger charge is -2.31. The largest absolute Gasteiger partial charge is 0.506 e. The van der Waals surface area contributed by atoms with E-state index in [4.69, 9.17) is 14.2 Å². The summed E-state index contributed by atoms with van der Waals surface area (Å²) < 4.78 is 41.4. The maximum atomic E-state index is 13.6. The molecular formula is C26H29N3O8S. The van der Waals surface area contributed by atoms with Crippen LogP contribution in [0.5, 0.6) is 23.0 Å². The monoisotopic (exact) mass is 543 g/mol. The summed E-state index contributed by atoms with van der Waals surface area (Å²) in [5, 5.41) is 26.9. The van der Waals surface area contributed by atoms with Gasteiger partial charge >= 0.3 is 0 Å². The van der Waals surface area contributed by atoms with Gasteiger partial charge in [-0.05, 0) is 54.4 Å². The van der Waals surface area contributed by atoms with Crippen LogP contribution in [0.1, 0.15) is 24.2 Å².